The third-order valence-electron chi connectivity index (χ3n) is 3.51. The third kappa shape index (κ3) is 2.98. The standard InChI is InChI=1S/C17H14N4O2S/c1-22-12-8-6-11(7-9-12)16-20-15(21-23-16)10-24-17-18-13-4-2-3-5-14(13)19-17/h2-9H,10H2,1H3,(H,18,19). The van der Waals surface area contributed by atoms with Gasteiger partial charge in [0, 0.05) is 5.56 Å². The third-order valence-corrected chi connectivity index (χ3v) is 4.38. The van der Waals surface area contributed by atoms with Crippen LogP contribution in [0.1, 0.15) is 5.82 Å². The van der Waals surface area contributed by atoms with E-state index in [0.29, 0.717) is 17.5 Å². The first-order valence-corrected chi connectivity index (χ1v) is 8.35. The summed E-state index contributed by atoms with van der Waals surface area (Å²) in [6.45, 7) is 0. The Morgan fingerprint density at radius 3 is 2.71 bits per heavy atom. The zero-order valence-corrected chi connectivity index (χ0v) is 13.7. The molecule has 4 rings (SSSR count). The summed E-state index contributed by atoms with van der Waals surface area (Å²) >= 11 is 1.54. The molecule has 0 bridgehead atoms. The zero-order chi connectivity index (χ0) is 16.4. The largest absolute Gasteiger partial charge is 0.497 e. The van der Waals surface area contributed by atoms with Crippen molar-refractivity contribution in [2.45, 2.75) is 10.9 Å². The number of imidazole rings is 1. The van der Waals surface area contributed by atoms with Crippen LogP contribution in [0, 0.1) is 0 Å². The average molecular weight is 338 g/mol. The lowest BCUT2D eigenvalue weighted by atomic mass is 10.2. The van der Waals surface area contributed by atoms with Crippen molar-refractivity contribution >= 4 is 22.8 Å². The van der Waals surface area contributed by atoms with Gasteiger partial charge in [0.2, 0.25) is 0 Å². The number of thioether (sulfide) groups is 1. The molecule has 0 unspecified atom stereocenters. The first kappa shape index (κ1) is 14.8. The molecular weight excluding hydrogens is 324 g/mol. The molecule has 0 saturated carbocycles. The van der Waals surface area contributed by atoms with E-state index in [4.69, 9.17) is 9.26 Å². The van der Waals surface area contributed by atoms with Crippen molar-refractivity contribution < 1.29 is 9.26 Å². The Bertz CT molecular complexity index is 929. The van der Waals surface area contributed by atoms with Gasteiger partial charge < -0.3 is 14.2 Å². The number of nitrogens with zero attached hydrogens (tertiary/aromatic N) is 3. The molecule has 0 aliphatic rings. The molecule has 0 amide bonds. The van der Waals surface area contributed by atoms with Crippen LogP contribution in [-0.4, -0.2) is 27.2 Å². The fourth-order valence-electron chi connectivity index (χ4n) is 2.29. The van der Waals surface area contributed by atoms with Gasteiger partial charge in [0.25, 0.3) is 5.89 Å². The molecule has 4 aromatic rings. The summed E-state index contributed by atoms with van der Waals surface area (Å²) in [7, 11) is 1.63. The van der Waals surface area contributed by atoms with Crippen LogP contribution in [0.2, 0.25) is 0 Å². The van der Waals surface area contributed by atoms with E-state index in [2.05, 4.69) is 20.1 Å². The number of aromatic nitrogens is 4. The van der Waals surface area contributed by atoms with Crippen LogP contribution in [0.5, 0.6) is 5.75 Å². The van der Waals surface area contributed by atoms with Crippen molar-refractivity contribution in [1.29, 1.82) is 0 Å². The number of rotatable bonds is 5. The highest BCUT2D eigenvalue weighted by atomic mass is 32.2. The quantitative estimate of drug-likeness (QED) is 0.556. The number of nitrogens with one attached hydrogen (secondary N) is 1. The maximum atomic E-state index is 5.33. The number of fused-ring (bicyclic) bond motifs is 1. The predicted molar refractivity (Wildman–Crippen MR) is 91.9 cm³/mol. The van der Waals surface area contributed by atoms with Gasteiger partial charge in [0.05, 0.1) is 23.9 Å². The highest BCUT2D eigenvalue weighted by molar-refractivity contribution is 7.98. The SMILES string of the molecule is COc1ccc(-c2nc(CSc3nc4ccccc4[nH]3)no2)cc1. The lowest BCUT2D eigenvalue weighted by Gasteiger charge is -1.98. The fourth-order valence-corrected chi connectivity index (χ4v) is 3.02. The molecule has 0 atom stereocenters. The Kier molecular flexibility index (Phi) is 3.92. The van der Waals surface area contributed by atoms with Crippen LogP contribution in [0.3, 0.4) is 0 Å². The molecule has 0 spiro atoms. The second-order valence-corrected chi connectivity index (χ2v) is 6.06. The highest BCUT2D eigenvalue weighted by Gasteiger charge is 2.10. The van der Waals surface area contributed by atoms with Gasteiger partial charge in [-0.05, 0) is 36.4 Å². The summed E-state index contributed by atoms with van der Waals surface area (Å²) in [5.74, 6) is 2.50. The normalized spacial score (nSPS) is 11.0. The van der Waals surface area contributed by atoms with Crippen molar-refractivity contribution in [1.82, 2.24) is 20.1 Å². The van der Waals surface area contributed by atoms with Crippen molar-refractivity contribution in [2.24, 2.45) is 0 Å². The lowest BCUT2D eigenvalue weighted by molar-refractivity contribution is 0.414. The average Bonchev–Trinajstić information content (AvgIpc) is 3.26. The van der Waals surface area contributed by atoms with Crippen LogP contribution in [0.25, 0.3) is 22.5 Å². The van der Waals surface area contributed by atoms with E-state index in [1.807, 2.05) is 48.5 Å². The summed E-state index contributed by atoms with van der Waals surface area (Å²) in [5.41, 5.74) is 2.84. The van der Waals surface area contributed by atoms with E-state index < -0.39 is 0 Å². The van der Waals surface area contributed by atoms with Crippen molar-refractivity contribution in [2.75, 3.05) is 7.11 Å². The molecule has 0 radical (unpaired) electrons. The second kappa shape index (κ2) is 6.37. The molecule has 0 saturated heterocycles. The maximum Gasteiger partial charge on any atom is 0.257 e. The lowest BCUT2D eigenvalue weighted by Crippen LogP contribution is -1.86. The van der Waals surface area contributed by atoms with Gasteiger partial charge in [-0.3, -0.25) is 0 Å². The van der Waals surface area contributed by atoms with Crippen LogP contribution in [0.4, 0.5) is 0 Å². The Morgan fingerprint density at radius 1 is 1.08 bits per heavy atom. The molecule has 0 aliphatic carbocycles. The molecule has 0 aliphatic heterocycles. The maximum absolute atomic E-state index is 5.33. The smallest absolute Gasteiger partial charge is 0.257 e. The molecule has 120 valence electrons. The molecule has 1 N–H and O–H groups in total. The van der Waals surface area contributed by atoms with E-state index in [1.165, 1.54) is 0 Å². The monoisotopic (exact) mass is 338 g/mol. The molecule has 7 heteroatoms. The molecule has 0 fully saturated rings. The summed E-state index contributed by atoms with van der Waals surface area (Å²) in [4.78, 5) is 12.2. The van der Waals surface area contributed by atoms with E-state index in [-0.39, 0.29) is 0 Å². The topological polar surface area (TPSA) is 76.8 Å². The van der Waals surface area contributed by atoms with E-state index in [1.54, 1.807) is 18.9 Å². The zero-order valence-electron chi connectivity index (χ0n) is 12.9. The summed E-state index contributed by atoms with van der Waals surface area (Å²) in [6.07, 6.45) is 0. The van der Waals surface area contributed by atoms with Gasteiger partial charge in [0.15, 0.2) is 11.0 Å². The van der Waals surface area contributed by atoms with Crippen LogP contribution in [0.15, 0.2) is 58.2 Å². The first-order valence-electron chi connectivity index (χ1n) is 7.36. The van der Waals surface area contributed by atoms with E-state index >= 15 is 0 Å². The van der Waals surface area contributed by atoms with Crippen LogP contribution in [-0.2, 0) is 5.75 Å². The molecule has 6 nitrogen and oxygen atoms in total. The number of hydrogen-bond donors (Lipinski definition) is 1. The molecule has 2 aromatic carbocycles. The van der Waals surface area contributed by atoms with Crippen molar-refractivity contribution in [3.05, 3.63) is 54.4 Å². The van der Waals surface area contributed by atoms with Crippen LogP contribution < -0.4 is 4.74 Å². The minimum Gasteiger partial charge on any atom is -0.497 e. The van der Waals surface area contributed by atoms with Gasteiger partial charge in [-0.25, -0.2) is 4.98 Å². The molecular formula is C17H14N4O2S. The Hall–Kier alpha value is -2.80. The predicted octanol–water partition coefficient (Wildman–Crippen LogP) is 3.91. The number of para-hydroxylation sites is 2. The Morgan fingerprint density at radius 2 is 1.92 bits per heavy atom. The highest BCUT2D eigenvalue weighted by Crippen LogP contribution is 2.24. The van der Waals surface area contributed by atoms with Gasteiger partial charge in [-0.1, -0.05) is 29.1 Å². The van der Waals surface area contributed by atoms with Gasteiger partial charge in [0.1, 0.15) is 5.75 Å². The van der Waals surface area contributed by atoms with Gasteiger partial charge in [-0.2, -0.15) is 4.98 Å². The van der Waals surface area contributed by atoms with Gasteiger partial charge >= 0.3 is 0 Å². The van der Waals surface area contributed by atoms with Crippen molar-refractivity contribution in [3.8, 4) is 17.2 Å². The summed E-state index contributed by atoms with van der Waals surface area (Å²) < 4.78 is 10.5. The van der Waals surface area contributed by atoms with E-state index in [0.717, 1.165) is 27.5 Å². The molecule has 24 heavy (non-hydrogen) atoms. The Labute approximate surface area is 142 Å². The second-order valence-electron chi connectivity index (χ2n) is 5.09. The number of ether oxygens (including phenoxy) is 1. The summed E-state index contributed by atoms with van der Waals surface area (Å²) in [5, 5.41) is 4.86. The molecule has 2 heterocycles. The number of methoxy groups -OCH3 is 1. The minimum atomic E-state index is 0.498. The number of hydrogen-bond acceptors (Lipinski definition) is 6. The molecule has 2 aromatic heterocycles. The van der Waals surface area contributed by atoms with Crippen LogP contribution >= 0.6 is 11.8 Å². The number of aromatic amines is 1. The summed E-state index contributed by atoms with van der Waals surface area (Å²) in [6, 6.07) is 15.4. The van der Waals surface area contributed by atoms with E-state index in [9.17, 15) is 0 Å². The first-order chi connectivity index (χ1) is 11.8. The number of benzene rings is 2. The van der Waals surface area contributed by atoms with Gasteiger partial charge in [-0.15, -0.1) is 0 Å². The Balaban J connectivity index is 1.46. The minimum absolute atomic E-state index is 0.498. The number of H-pyrrole nitrogens is 1. The fraction of sp³-hybridized carbons (Fsp3) is 0.118. The van der Waals surface area contributed by atoms with Crippen molar-refractivity contribution in [3.63, 3.8) is 0 Å².